The van der Waals surface area contributed by atoms with Crippen LogP contribution in [0.25, 0.3) is 6.08 Å². The van der Waals surface area contributed by atoms with Gasteiger partial charge in [-0.05, 0) is 77.9 Å². The van der Waals surface area contributed by atoms with Gasteiger partial charge in [0.25, 0.3) is 11.1 Å². The van der Waals surface area contributed by atoms with Crippen LogP contribution in [-0.2, 0) is 11.4 Å². The monoisotopic (exact) mass is 553 g/mol. The van der Waals surface area contributed by atoms with Gasteiger partial charge in [-0.25, -0.2) is 0 Å². The van der Waals surface area contributed by atoms with Crippen LogP contribution in [0.5, 0.6) is 17.2 Å². The van der Waals surface area contributed by atoms with Crippen LogP contribution in [0.2, 0.25) is 0 Å². The molecule has 4 rings (SSSR count). The molecule has 1 saturated heterocycles. The van der Waals surface area contributed by atoms with Crippen molar-refractivity contribution in [1.29, 1.82) is 0 Å². The van der Waals surface area contributed by atoms with Crippen molar-refractivity contribution >= 4 is 44.9 Å². The van der Waals surface area contributed by atoms with E-state index in [0.717, 1.165) is 32.9 Å². The Labute approximate surface area is 217 Å². The van der Waals surface area contributed by atoms with Crippen molar-refractivity contribution in [1.82, 2.24) is 4.90 Å². The fourth-order valence-corrected chi connectivity index (χ4v) is 4.57. The summed E-state index contributed by atoms with van der Waals surface area (Å²) in [5.74, 6) is 1.51. The van der Waals surface area contributed by atoms with Crippen molar-refractivity contribution in [2.24, 2.45) is 0 Å². The number of amides is 2. The summed E-state index contributed by atoms with van der Waals surface area (Å²) >= 11 is 4.34. The number of methoxy groups -OCH3 is 1. The highest BCUT2D eigenvalue weighted by molar-refractivity contribution is 9.10. The van der Waals surface area contributed by atoms with Crippen molar-refractivity contribution in [3.8, 4) is 17.2 Å². The van der Waals surface area contributed by atoms with Crippen LogP contribution < -0.4 is 14.2 Å². The lowest BCUT2D eigenvalue weighted by molar-refractivity contribution is -0.123. The summed E-state index contributed by atoms with van der Waals surface area (Å²) in [5.41, 5.74) is 2.84. The number of ether oxygens (including phenoxy) is 3. The fraction of sp³-hybridized carbons (Fsp3) is 0.185. The number of benzene rings is 3. The van der Waals surface area contributed by atoms with Gasteiger partial charge in [-0.15, -0.1) is 0 Å². The van der Waals surface area contributed by atoms with E-state index in [9.17, 15) is 9.59 Å². The van der Waals surface area contributed by atoms with E-state index in [4.69, 9.17) is 14.2 Å². The van der Waals surface area contributed by atoms with Gasteiger partial charge < -0.3 is 14.2 Å². The molecule has 0 aromatic heterocycles. The van der Waals surface area contributed by atoms with E-state index in [1.165, 1.54) is 4.90 Å². The molecule has 35 heavy (non-hydrogen) atoms. The first kappa shape index (κ1) is 24.9. The Balaban J connectivity index is 1.39. The van der Waals surface area contributed by atoms with E-state index < -0.39 is 0 Å². The van der Waals surface area contributed by atoms with E-state index >= 15 is 0 Å². The molecule has 0 aliphatic carbocycles. The summed E-state index contributed by atoms with van der Waals surface area (Å²) in [6.45, 7) is 2.78. The average Bonchev–Trinajstić information content (AvgIpc) is 3.11. The highest BCUT2D eigenvalue weighted by Crippen LogP contribution is 2.34. The van der Waals surface area contributed by atoms with Gasteiger partial charge >= 0.3 is 0 Å². The Kier molecular flexibility index (Phi) is 8.15. The summed E-state index contributed by atoms with van der Waals surface area (Å²) in [6.07, 6.45) is 1.69. The van der Waals surface area contributed by atoms with Crippen LogP contribution in [-0.4, -0.2) is 36.3 Å². The van der Waals surface area contributed by atoms with Gasteiger partial charge in [0.2, 0.25) is 0 Å². The quantitative estimate of drug-likeness (QED) is 0.283. The minimum absolute atomic E-state index is 0.183. The molecule has 1 aliphatic rings. The zero-order valence-electron chi connectivity index (χ0n) is 19.3. The van der Waals surface area contributed by atoms with E-state index in [-0.39, 0.29) is 24.3 Å². The molecule has 0 bridgehead atoms. The van der Waals surface area contributed by atoms with Crippen LogP contribution in [0.3, 0.4) is 0 Å². The van der Waals surface area contributed by atoms with Crippen molar-refractivity contribution < 1.29 is 23.8 Å². The minimum atomic E-state index is -0.331. The third-order valence-corrected chi connectivity index (χ3v) is 6.68. The molecule has 0 radical (unpaired) electrons. The molecular weight excluding hydrogens is 530 g/mol. The molecule has 1 fully saturated rings. The van der Waals surface area contributed by atoms with Gasteiger partial charge in [0, 0.05) is 4.47 Å². The first-order valence-electron chi connectivity index (χ1n) is 10.9. The molecule has 180 valence electrons. The molecule has 0 saturated carbocycles. The molecule has 0 atom stereocenters. The summed E-state index contributed by atoms with van der Waals surface area (Å²) in [6, 6.07) is 20.9. The largest absolute Gasteiger partial charge is 0.493 e. The topological polar surface area (TPSA) is 65.1 Å². The number of imide groups is 1. The zero-order chi connectivity index (χ0) is 24.8. The number of carbonyl (C=O) groups is 2. The lowest BCUT2D eigenvalue weighted by atomic mass is 10.1. The van der Waals surface area contributed by atoms with Crippen molar-refractivity contribution in [2.45, 2.75) is 13.5 Å². The predicted octanol–water partition coefficient (Wildman–Crippen LogP) is 6.46. The number of hydrogen-bond acceptors (Lipinski definition) is 6. The van der Waals surface area contributed by atoms with Crippen LogP contribution in [0.4, 0.5) is 4.79 Å². The maximum absolute atomic E-state index is 12.8. The first-order chi connectivity index (χ1) is 16.9. The Morgan fingerprint density at radius 2 is 1.77 bits per heavy atom. The normalized spacial score (nSPS) is 14.5. The van der Waals surface area contributed by atoms with Gasteiger partial charge in [-0.1, -0.05) is 46.3 Å². The van der Waals surface area contributed by atoms with Crippen LogP contribution in [0.15, 0.2) is 76.1 Å². The van der Waals surface area contributed by atoms with Crippen LogP contribution in [0.1, 0.15) is 16.7 Å². The van der Waals surface area contributed by atoms with Crippen molar-refractivity contribution in [2.75, 3.05) is 20.3 Å². The van der Waals surface area contributed by atoms with Gasteiger partial charge in [0.1, 0.15) is 19.0 Å². The third kappa shape index (κ3) is 6.46. The van der Waals surface area contributed by atoms with Gasteiger partial charge in [0.05, 0.1) is 18.6 Å². The van der Waals surface area contributed by atoms with Gasteiger partial charge in [0.15, 0.2) is 11.5 Å². The summed E-state index contributed by atoms with van der Waals surface area (Å²) in [7, 11) is 1.56. The number of halogens is 1. The van der Waals surface area contributed by atoms with E-state index in [1.807, 2.05) is 61.5 Å². The molecule has 2 amide bonds. The van der Waals surface area contributed by atoms with Crippen LogP contribution in [0, 0.1) is 6.92 Å². The lowest BCUT2D eigenvalue weighted by Gasteiger charge is -2.13. The Morgan fingerprint density at radius 1 is 0.971 bits per heavy atom. The molecule has 0 unspecified atom stereocenters. The molecule has 1 heterocycles. The Hall–Kier alpha value is -3.23. The zero-order valence-corrected chi connectivity index (χ0v) is 21.7. The fourth-order valence-electron chi connectivity index (χ4n) is 3.44. The second-order valence-electron chi connectivity index (χ2n) is 7.82. The molecular formula is C27H24BrNO5S. The summed E-state index contributed by atoms with van der Waals surface area (Å²) in [5, 5.41) is -0.310. The highest BCUT2D eigenvalue weighted by atomic mass is 79.9. The standard InChI is InChI=1S/C27H24BrNO5S/c1-18-4-3-5-22(14-18)33-13-12-29-26(30)25(35-27(29)31)16-20-8-11-23(24(15-20)32-2)34-17-19-6-9-21(28)10-7-19/h3-11,14-16H,12-13,17H2,1-2H3/b25-16-. The second-order valence-corrected chi connectivity index (χ2v) is 9.73. The molecule has 0 N–H and O–H groups in total. The highest BCUT2D eigenvalue weighted by Gasteiger charge is 2.34. The van der Waals surface area contributed by atoms with Crippen molar-refractivity contribution in [3.05, 3.63) is 92.8 Å². The molecule has 0 spiro atoms. The summed E-state index contributed by atoms with van der Waals surface area (Å²) in [4.78, 5) is 26.8. The maximum atomic E-state index is 12.8. The maximum Gasteiger partial charge on any atom is 0.293 e. The number of thioether (sulfide) groups is 1. The Bertz CT molecular complexity index is 1260. The van der Waals surface area contributed by atoms with Crippen LogP contribution >= 0.6 is 27.7 Å². The number of aryl methyl sites for hydroxylation is 1. The van der Waals surface area contributed by atoms with Crippen molar-refractivity contribution in [3.63, 3.8) is 0 Å². The smallest absolute Gasteiger partial charge is 0.293 e. The number of nitrogens with zero attached hydrogens (tertiary/aromatic N) is 1. The molecule has 3 aromatic rings. The lowest BCUT2D eigenvalue weighted by Crippen LogP contribution is -2.32. The SMILES string of the molecule is COc1cc(/C=C2\SC(=O)N(CCOc3cccc(C)c3)C2=O)ccc1OCc1ccc(Br)cc1. The molecule has 1 aliphatic heterocycles. The number of rotatable bonds is 9. The van der Waals surface area contributed by atoms with Gasteiger partial charge in [-0.2, -0.15) is 0 Å². The predicted molar refractivity (Wildman–Crippen MR) is 141 cm³/mol. The Morgan fingerprint density at radius 3 is 2.51 bits per heavy atom. The van der Waals surface area contributed by atoms with Gasteiger partial charge in [-0.3, -0.25) is 14.5 Å². The number of carbonyl (C=O) groups excluding carboxylic acids is 2. The molecule has 6 nitrogen and oxygen atoms in total. The minimum Gasteiger partial charge on any atom is -0.493 e. The summed E-state index contributed by atoms with van der Waals surface area (Å²) < 4.78 is 18.1. The molecule has 8 heteroatoms. The second kappa shape index (κ2) is 11.5. The number of hydrogen-bond donors (Lipinski definition) is 0. The van der Waals surface area contributed by atoms with E-state index in [1.54, 1.807) is 25.3 Å². The average molecular weight is 554 g/mol. The molecule has 3 aromatic carbocycles. The first-order valence-corrected chi connectivity index (χ1v) is 12.5. The third-order valence-electron chi connectivity index (χ3n) is 5.24. The van der Waals surface area contributed by atoms with E-state index in [0.29, 0.717) is 28.8 Å². The van der Waals surface area contributed by atoms with E-state index in [2.05, 4.69) is 15.9 Å².